The average Bonchev–Trinajstić information content (AvgIpc) is 2.35. The van der Waals surface area contributed by atoms with E-state index in [1.54, 1.807) is 0 Å². The summed E-state index contributed by atoms with van der Waals surface area (Å²) >= 11 is 0. The van der Waals surface area contributed by atoms with Crippen molar-refractivity contribution in [3.8, 4) is 0 Å². The molecule has 1 aliphatic heterocycles. The van der Waals surface area contributed by atoms with Crippen molar-refractivity contribution in [2.45, 2.75) is 45.6 Å². The Labute approximate surface area is 97.4 Å². The average molecular weight is 229 g/mol. The van der Waals surface area contributed by atoms with E-state index in [1.807, 2.05) is 5.59 Å². The fraction of sp³-hybridized carbons (Fsp3) is 1.00. The van der Waals surface area contributed by atoms with Gasteiger partial charge in [-0.2, -0.15) is 0 Å². The molecule has 0 aliphatic carbocycles. The van der Waals surface area contributed by atoms with Gasteiger partial charge in [0.1, 0.15) is 0 Å². The van der Waals surface area contributed by atoms with Crippen LogP contribution in [0.15, 0.2) is 5.29 Å². The summed E-state index contributed by atoms with van der Waals surface area (Å²) in [7, 11) is 0. The Morgan fingerprint density at radius 3 is 2.50 bits per heavy atom. The summed E-state index contributed by atoms with van der Waals surface area (Å²) in [5.41, 5.74) is 2.05. The molecule has 0 aromatic heterocycles. The van der Waals surface area contributed by atoms with Crippen molar-refractivity contribution in [2.24, 2.45) is 11.2 Å². The van der Waals surface area contributed by atoms with Crippen LogP contribution in [0.3, 0.4) is 0 Å². The van der Waals surface area contributed by atoms with Gasteiger partial charge < -0.3 is 4.90 Å². The lowest BCUT2D eigenvalue weighted by Gasteiger charge is -2.33. The zero-order valence-electron chi connectivity index (χ0n) is 10.3. The minimum atomic E-state index is 0.135. The van der Waals surface area contributed by atoms with E-state index < -0.39 is 0 Å². The normalized spacial score (nSPS) is 18.9. The molecule has 1 aliphatic rings. The van der Waals surface area contributed by atoms with Crippen LogP contribution in [0.4, 0.5) is 0 Å². The van der Waals surface area contributed by atoms with Gasteiger partial charge in [0.2, 0.25) is 0 Å². The summed E-state index contributed by atoms with van der Waals surface area (Å²) in [4.78, 5) is 17.4. The molecule has 0 bridgehead atoms. The number of likely N-dealkylation sites (tertiary alicyclic amines) is 1. The second-order valence-electron chi connectivity index (χ2n) is 4.48. The largest absolute Gasteiger partial charge is 0.303 e. The van der Waals surface area contributed by atoms with E-state index in [4.69, 9.17) is 4.84 Å². The summed E-state index contributed by atoms with van der Waals surface area (Å²) in [6.45, 7) is 7.82. The fourth-order valence-electron chi connectivity index (χ4n) is 2.22. The first-order valence-electron chi connectivity index (χ1n) is 6.25. The molecule has 0 spiro atoms. The summed E-state index contributed by atoms with van der Waals surface area (Å²) in [6.07, 6.45) is 4.59. The predicted molar refractivity (Wildman–Crippen MR) is 63.5 cm³/mol. The van der Waals surface area contributed by atoms with Crippen LogP contribution >= 0.6 is 0 Å². The molecule has 5 nitrogen and oxygen atoms in total. The van der Waals surface area contributed by atoms with Gasteiger partial charge in [-0.3, -0.25) is 4.84 Å². The predicted octanol–water partition coefficient (Wildman–Crippen LogP) is 2.09. The van der Waals surface area contributed by atoms with E-state index in [2.05, 4.69) is 24.0 Å². The summed E-state index contributed by atoms with van der Waals surface area (Å²) < 4.78 is 0. The first-order chi connectivity index (χ1) is 7.80. The number of hydrogen-bond acceptors (Lipinski definition) is 4. The lowest BCUT2D eigenvalue weighted by molar-refractivity contribution is -0.0550. The van der Waals surface area contributed by atoms with Crippen LogP contribution in [-0.2, 0) is 4.84 Å². The van der Waals surface area contributed by atoms with Gasteiger partial charge in [-0.25, -0.2) is 0 Å². The molecule has 1 saturated heterocycles. The number of piperidine rings is 1. The highest BCUT2D eigenvalue weighted by atomic mass is 16.7. The second kappa shape index (κ2) is 7.57. The van der Waals surface area contributed by atoms with Crippen LogP contribution in [0, 0.1) is 10.8 Å². The lowest BCUT2D eigenvalue weighted by Crippen LogP contribution is -2.40. The molecule has 0 amide bonds. The first kappa shape index (κ1) is 13.4. The van der Waals surface area contributed by atoms with Gasteiger partial charge in [0.05, 0.1) is 11.4 Å². The number of hydrogen-bond donors (Lipinski definition) is 1. The van der Waals surface area contributed by atoms with Crippen molar-refractivity contribution in [3.05, 3.63) is 4.91 Å². The zero-order chi connectivity index (χ0) is 11.8. The molecule has 16 heavy (non-hydrogen) atoms. The smallest absolute Gasteiger partial charge is 0.0898 e. The van der Waals surface area contributed by atoms with Crippen LogP contribution in [0.2, 0.25) is 0 Å². The van der Waals surface area contributed by atoms with Crippen molar-refractivity contribution >= 4 is 0 Å². The maximum Gasteiger partial charge on any atom is 0.0898 e. The standard InChI is InChI=1S/C11H23N3O2/c1-3-10(4-2)9-14-7-5-11(6-8-14)16-13-12-15/h10-11H,3-9H2,1-2H3,(H,13,15). The Morgan fingerprint density at radius 2 is 2.00 bits per heavy atom. The Morgan fingerprint density at radius 1 is 1.38 bits per heavy atom. The van der Waals surface area contributed by atoms with Crippen molar-refractivity contribution in [2.75, 3.05) is 19.6 Å². The number of nitrogens with one attached hydrogen (secondary N) is 1. The molecule has 94 valence electrons. The second-order valence-corrected chi connectivity index (χ2v) is 4.48. The Hall–Kier alpha value is -0.680. The molecule has 0 unspecified atom stereocenters. The molecule has 1 heterocycles. The van der Waals surface area contributed by atoms with Gasteiger partial charge in [-0.05, 0) is 18.8 Å². The quantitative estimate of drug-likeness (QED) is 0.536. The topological polar surface area (TPSA) is 53.9 Å². The minimum Gasteiger partial charge on any atom is -0.303 e. The van der Waals surface area contributed by atoms with Crippen LogP contribution in [0.5, 0.6) is 0 Å². The van der Waals surface area contributed by atoms with E-state index in [1.165, 1.54) is 19.4 Å². The van der Waals surface area contributed by atoms with Crippen molar-refractivity contribution in [1.29, 1.82) is 0 Å². The van der Waals surface area contributed by atoms with E-state index in [0.717, 1.165) is 31.8 Å². The molecule has 1 rings (SSSR count). The first-order valence-corrected chi connectivity index (χ1v) is 6.25. The maximum atomic E-state index is 9.84. The van der Waals surface area contributed by atoms with E-state index >= 15 is 0 Å². The Bertz CT molecular complexity index is 190. The highest BCUT2D eigenvalue weighted by Gasteiger charge is 2.21. The molecule has 1 fully saturated rings. The summed E-state index contributed by atoms with van der Waals surface area (Å²) in [5.74, 6) is 0.812. The van der Waals surface area contributed by atoms with Crippen LogP contribution in [0.25, 0.3) is 0 Å². The molecule has 1 N–H and O–H groups in total. The third-order valence-electron chi connectivity index (χ3n) is 3.46. The molecular weight excluding hydrogens is 206 g/mol. The Balaban J connectivity index is 2.18. The maximum absolute atomic E-state index is 9.84. The van der Waals surface area contributed by atoms with Crippen molar-refractivity contribution < 1.29 is 4.84 Å². The molecule has 0 radical (unpaired) electrons. The fourth-order valence-corrected chi connectivity index (χ4v) is 2.22. The third-order valence-corrected chi connectivity index (χ3v) is 3.46. The van der Waals surface area contributed by atoms with Crippen molar-refractivity contribution in [3.63, 3.8) is 0 Å². The lowest BCUT2D eigenvalue weighted by atomic mass is 10.0. The van der Waals surface area contributed by atoms with Gasteiger partial charge >= 0.3 is 0 Å². The molecular formula is C11H23N3O2. The zero-order valence-corrected chi connectivity index (χ0v) is 10.3. The number of nitrogens with zero attached hydrogens (tertiary/aromatic N) is 2. The number of rotatable bonds is 7. The minimum absolute atomic E-state index is 0.135. The van der Waals surface area contributed by atoms with Gasteiger partial charge in [-0.1, -0.05) is 26.7 Å². The van der Waals surface area contributed by atoms with E-state index in [0.29, 0.717) is 0 Å². The highest BCUT2D eigenvalue weighted by Crippen LogP contribution is 2.16. The summed E-state index contributed by atoms with van der Waals surface area (Å²) in [5, 5.41) is 2.49. The highest BCUT2D eigenvalue weighted by molar-refractivity contribution is 4.73. The molecule has 5 heteroatoms. The van der Waals surface area contributed by atoms with E-state index in [-0.39, 0.29) is 6.10 Å². The third kappa shape index (κ3) is 4.45. The van der Waals surface area contributed by atoms with Crippen LogP contribution in [-0.4, -0.2) is 30.6 Å². The molecule has 0 aromatic rings. The van der Waals surface area contributed by atoms with Gasteiger partial charge in [-0.15, -0.1) is 10.5 Å². The molecule has 0 atom stereocenters. The SMILES string of the molecule is CCC(CC)CN1CCC(ONN=O)CC1. The molecule has 0 saturated carbocycles. The van der Waals surface area contributed by atoms with Gasteiger partial charge in [0, 0.05) is 19.6 Å². The monoisotopic (exact) mass is 229 g/mol. The van der Waals surface area contributed by atoms with Gasteiger partial charge in [0.25, 0.3) is 0 Å². The van der Waals surface area contributed by atoms with Crippen molar-refractivity contribution in [1.82, 2.24) is 10.5 Å². The van der Waals surface area contributed by atoms with Gasteiger partial charge in [0.15, 0.2) is 0 Å². The Kier molecular flexibility index (Phi) is 6.33. The van der Waals surface area contributed by atoms with Crippen LogP contribution in [0.1, 0.15) is 39.5 Å². The van der Waals surface area contributed by atoms with Crippen LogP contribution < -0.4 is 5.59 Å². The molecule has 0 aromatic carbocycles. The summed E-state index contributed by atoms with van der Waals surface area (Å²) in [6, 6.07) is 0. The van der Waals surface area contributed by atoms with E-state index in [9.17, 15) is 4.91 Å². The number of nitroso groups, excluding NO2 is 1.